The van der Waals surface area contributed by atoms with Crippen molar-refractivity contribution in [2.75, 3.05) is 0 Å². The Morgan fingerprint density at radius 1 is 1.78 bits per heavy atom. The van der Waals surface area contributed by atoms with Gasteiger partial charge in [-0.15, -0.1) is 0 Å². The van der Waals surface area contributed by atoms with Gasteiger partial charge in [-0.05, 0) is 20.3 Å². The lowest BCUT2D eigenvalue weighted by Crippen LogP contribution is -2.19. The normalized spacial score (nSPS) is 40.6. The summed E-state index contributed by atoms with van der Waals surface area (Å²) in [6, 6.07) is 0. The summed E-state index contributed by atoms with van der Waals surface area (Å²) in [6.45, 7) is 5.46. The van der Waals surface area contributed by atoms with E-state index in [1.54, 1.807) is 6.92 Å². The number of carbonyl (C=O) groups is 1. The highest BCUT2D eigenvalue weighted by molar-refractivity contribution is 5.87. The van der Waals surface area contributed by atoms with Crippen LogP contribution in [0.15, 0.2) is 0 Å². The number of ether oxygens (including phenoxy) is 1. The van der Waals surface area contributed by atoms with Crippen LogP contribution in [0.1, 0.15) is 27.2 Å². The molecule has 1 aliphatic heterocycles. The first-order chi connectivity index (χ1) is 4.11. The average molecular weight is 128 g/mol. The highest BCUT2D eigenvalue weighted by Gasteiger charge is 2.54. The van der Waals surface area contributed by atoms with Crippen LogP contribution in [0.2, 0.25) is 0 Å². The lowest BCUT2D eigenvalue weighted by molar-refractivity contribution is -0.121. The van der Waals surface area contributed by atoms with E-state index in [2.05, 4.69) is 0 Å². The Hall–Kier alpha value is -0.370. The summed E-state index contributed by atoms with van der Waals surface area (Å²) in [7, 11) is 0. The fraction of sp³-hybridized carbons (Fsp3) is 0.857. The molecule has 0 amide bonds. The van der Waals surface area contributed by atoms with E-state index in [0.717, 1.165) is 6.42 Å². The summed E-state index contributed by atoms with van der Waals surface area (Å²) in [5, 5.41) is 0. The lowest BCUT2D eigenvalue weighted by atomic mass is 10.0. The molecule has 0 aromatic rings. The van der Waals surface area contributed by atoms with Crippen molar-refractivity contribution in [3.8, 4) is 0 Å². The molecule has 2 unspecified atom stereocenters. The first kappa shape index (κ1) is 6.75. The minimum atomic E-state index is -0.422. The summed E-state index contributed by atoms with van der Waals surface area (Å²) in [5.74, 6) is 0.148. The van der Waals surface area contributed by atoms with Crippen molar-refractivity contribution in [1.82, 2.24) is 0 Å². The first-order valence-electron chi connectivity index (χ1n) is 3.30. The lowest BCUT2D eigenvalue weighted by Gasteiger charge is -1.96. The van der Waals surface area contributed by atoms with Crippen LogP contribution in [0.25, 0.3) is 0 Å². The molecule has 0 bridgehead atoms. The Labute approximate surface area is 55.2 Å². The third-order valence-corrected chi connectivity index (χ3v) is 2.01. The predicted molar refractivity (Wildman–Crippen MR) is 34.2 cm³/mol. The van der Waals surface area contributed by atoms with Crippen LogP contribution in [0.3, 0.4) is 0 Å². The number of hydrogen-bond donors (Lipinski definition) is 0. The highest BCUT2D eigenvalue weighted by Crippen LogP contribution is 2.38. The molecule has 0 radical (unpaired) electrons. The Balaban J connectivity index is 2.52. The van der Waals surface area contributed by atoms with Gasteiger partial charge in [0.2, 0.25) is 0 Å². The van der Waals surface area contributed by atoms with Crippen molar-refractivity contribution in [2.45, 2.75) is 38.9 Å². The van der Waals surface area contributed by atoms with Crippen molar-refractivity contribution in [3.05, 3.63) is 0 Å². The van der Waals surface area contributed by atoms with Crippen LogP contribution in [0.4, 0.5) is 0 Å². The molecule has 1 saturated heterocycles. The molecule has 9 heavy (non-hydrogen) atoms. The maximum atomic E-state index is 10.8. The molecule has 0 aromatic heterocycles. The number of hydrogen-bond acceptors (Lipinski definition) is 2. The van der Waals surface area contributed by atoms with Gasteiger partial charge >= 0.3 is 0 Å². The topological polar surface area (TPSA) is 29.6 Å². The number of Topliss-reactive ketones (excluding diaryl/α,β-unsaturated/α-hetero) is 1. The monoisotopic (exact) mass is 128 g/mol. The fourth-order valence-electron chi connectivity index (χ4n) is 1.04. The largest absolute Gasteiger partial charge is 0.358 e. The SMILES string of the molecule is CCC1OC1(C)C(C)=O. The Bertz CT molecular complexity index is 142. The van der Waals surface area contributed by atoms with Crippen molar-refractivity contribution in [2.24, 2.45) is 0 Å². The maximum absolute atomic E-state index is 10.8. The molecule has 0 saturated carbocycles. The second kappa shape index (κ2) is 1.81. The summed E-state index contributed by atoms with van der Waals surface area (Å²) < 4.78 is 5.17. The van der Waals surface area contributed by atoms with Crippen LogP contribution in [-0.2, 0) is 9.53 Å². The number of epoxide rings is 1. The first-order valence-corrected chi connectivity index (χ1v) is 3.30. The van der Waals surface area contributed by atoms with Crippen LogP contribution < -0.4 is 0 Å². The molecule has 0 aromatic carbocycles. The molecular weight excluding hydrogens is 116 g/mol. The number of rotatable bonds is 2. The van der Waals surface area contributed by atoms with E-state index < -0.39 is 5.60 Å². The Kier molecular flexibility index (Phi) is 1.35. The van der Waals surface area contributed by atoms with Crippen LogP contribution in [0.5, 0.6) is 0 Å². The van der Waals surface area contributed by atoms with E-state index in [1.165, 1.54) is 0 Å². The van der Waals surface area contributed by atoms with E-state index in [1.807, 2.05) is 13.8 Å². The summed E-state index contributed by atoms with van der Waals surface area (Å²) in [6.07, 6.45) is 1.13. The highest BCUT2D eigenvalue weighted by atomic mass is 16.6. The summed E-state index contributed by atoms with van der Waals surface area (Å²) in [4.78, 5) is 10.8. The van der Waals surface area contributed by atoms with Gasteiger partial charge in [0.15, 0.2) is 5.78 Å². The molecule has 1 fully saturated rings. The van der Waals surface area contributed by atoms with Gasteiger partial charge in [0.1, 0.15) is 5.60 Å². The zero-order chi connectivity index (χ0) is 7.07. The molecule has 2 nitrogen and oxygen atoms in total. The van der Waals surface area contributed by atoms with Gasteiger partial charge in [0, 0.05) is 0 Å². The third kappa shape index (κ3) is 0.874. The average Bonchev–Trinajstić information content (AvgIpc) is 2.44. The number of carbonyl (C=O) groups excluding carboxylic acids is 1. The van der Waals surface area contributed by atoms with Crippen molar-refractivity contribution in [3.63, 3.8) is 0 Å². The molecule has 2 heteroatoms. The van der Waals surface area contributed by atoms with E-state index in [-0.39, 0.29) is 11.9 Å². The summed E-state index contributed by atoms with van der Waals surface area (Å²) >= 11 is 0. The zero-order valence-electron chi connectivity index (χ0n) is 6.10. The van der Waals surface area contributed by atoms with Crippen LogP contribution >= 0.6 is 0 Å². The molecule has 0 N–H and O–H groups in total. The van der Waals surface area contributed by atoms with Crippen molar-refractivity contribution < 1.29 is 9.53 Å². The van der Waals surface area contributed by atoms with Gasteiger partial charge in [-0.3, -0.25) is 4.79 Å². The molecule has 1 heterocycles. The van der Waals surface area contributed by atoms with Crippen LogP contribution in [-0.4, -0.2) is 17.5 Å². The van der Waals surface area contributed by atoms with Crippen molar-refractivity contribution >= 4 is 5.78 Å². The fourth-order valence-corrected chi connectivity index (χ4v) is 1.04. The molecule has 0 aliphatic carbocycles. The van der Waals surface area contributed by atoms with E-state index >= 15 is 0 Å². The third-order valence-electron chi connectivity index (χ3n) is 2.01. The second-order valence-corrected chi connectivity index (χ2v) is 2.68. The van der Waals surface area contributed by atoms with Gasteiger partial charge < -0.3 is 4.74 Å². The second-order valence-electron chi connectivity index (χ2n) is 2.68. The molecular formula is C7H12O2. The predicted octanol–water partition coefficient (Wildman–Crippen LogP) is 1.14. The van der Waals surface area contributed by atoms with Gasteiger partial charge in [0.05, 0.1) is 6.10 Å². The van der Waals surface area contributed by atoms with Gasteiger partial charge in [0.25, 0.3) is 0 Å². The maximum Gasteiger partial charge on any atom is 0.163 e. The smallest absolute Gasteiger partial charge is 0.163 e. The van der Waals surface area contributed by atoms with Gasteiger partial charge in [-0.25, -0.2) is 0 Å². The molecule has 52 valence electrons. The van der Waals surface area contributed by atoms with Crippen molar-refractivity contribution in [1.29, 1.82) is 0 Å². The standard InChI is InChI=1S/C7H12O2/c1-4-6-7(3,9-6)5(2)8/h6H,4H2,1-3H3. The minimum absolute atomic E-state index is 0.148. The molecule has 1 aliphatic rings. The number of ketones is 1. The molecule has 0 spiro atoms. The summed E-state index contributed by atoms with van der Waals surface area (Å²) in [5.41, 5.74) is -0.422. The van der Waals surface area contributed by atoms with E-state index in [4.69, 9.17) is 4.74 Å². The zero-order valence-corrected chi connectivity index (χ0v) is 6.10. The Morgan fingerprint density at radius 2 is 2.33 bits per heavy atom. The minimum Gasteiger partial charge on any atom is -0.358 e. The van der Waals surface area contributed by atoms with Gasteiger partial charge in [-0.2, -0.15) is 0 Å². The van der Waals surface area contributed by atoms with Gasteiger partial charge in [-0.1, -0.05) is 6.92 Å². The molecule has 2 atom stereocenters. The quantitative estimate of drug-likeness (QED) is 0.522. The Morgan fingerprint density at radius 3 is 2.44 bits per heavy atom. The van der Waals surface area contributed by atoms with E-state index in [0.29, 0.717) is 0 Å². The van der Waals surface area contributed by atoms with E-state index in [9.17, 15) is 4.79 Å². The molecule has 1 rings (SSSR count). The van der Waals surface area contributed by atoms with Crippen LogP contribution in [0, 0.1) is 0 Å².